The van der Waals surface area contributed by atoms with Crippen molar-refractivity contribution in [3.05, 3.63) is 47.4 Å². The number of benzene rings is 1. The van der Waals surface area contributed by atoms with Crippen LogP contribution in [-0.2, 0) is 15.9 Å². The van der Waals surface area contributed by atoms with Crippen LogP contribution in [0.4, 0.5) is 0 Å². The summed E-state index contributed by atoms with van der Waals surface area (Å²) in [6.07, 6.45) is 6.02. The standard InChI is InChI=1S/C20H28BNO2/c1-19(2)20(3,4)24-21(23-19)16-12-17-10-11-18(13-16)22(17)14-15-8-6-5-7-9-15/h5-9,12,17-18H,10-11,13-14H2,1-4H3/t17-,18-/m1/s1. The molecular formula is C20H28BNO2. The molecule has 24 heavy (non-hydrogen) atoms. The first kappa shape index (κ1) is 16.4. The summed E-state index contributed by atoms with van der Waals surface area (Å²) >= 11 is 0. The zero-order chi connectivity index (χ0) is 16.9. The lowest BCUT2D eigenvalue weighted by Gasteiger charge is -2.34. The Morgan fingerprint density at radius 2 is 1.71 bits per heavy atom. The van der Waals surface area contributed by atoms with Gasteiger partial charge in [-0.25, -0.2) is 0 Å². The van der Waals surface area contributed by atoms with Crippen LogP contribution in [0.1, 0.15) is 52.5 Å². The van der Waals surface area contributed by atoms with Crippen molar-refractivity contribution in [3.63, 3.8) is 0 Å². The van der Waals surface area contributed by atoms with Gasteiger partial charge in [-0.05, 0) is 58.0 Å². The average molecular weight is 325 g/mol. The lowest BCUT2D eigenvalue weighted by atomic mass is 9.73. The predicted molar refractivity (Wildman–Crippen MR) is 97.6 cm³/mol. The van der Waals surface area contributed by atoms with E-state index in [0.29, 0.717) is 12.1 Å². The zero-order valence-corrected chi connectivity index (χ0v) is 15.3. The Bertz CT molecular complexity index is 624. The van der Waals surface area contributed by atoms with Gasteiger partial charge in [0.25, 0.3) is 0 Å². The molecule has 2 fully saturated rings. The number of hydrogen-bond donors (Lipinski definition) is 0. The maximum atomic E-state index is 6.27. The van der Waals surface area contributed by atoms with Gasteiger partial charge in [0.1, 0.15) is 0 Å². The fourth-order valence-electron chi connectivity index (χ4n) is 4.16. The highest BCUT2D eigenvalue weighted by atomic mass is 16.7. The van der Waals surface area contributed by atoms with Gasteiger partial charge < -0.3 is 9.31 Å². The minimum Gasteiger partial charge on any atom is -0.400 e. The smallest absolute Gasteiger partial charge is 0.400 e. The van der Waals surface area contributed by atoms with Gasteiger partial charge in [-0.15, -0.1) is 0 Å². The molecule has 0 radical (unpaired) electrons. The highest BCUT2D eigenvalue weighted by molar-refractivity contribution is 6.54. The Kier molecular flexibility index (Phi) is 3.90. The third-order valence-electron chi connectivity index (χ3n) is 6.33. The van der Waals surface area contributed by atoms with Gasteiger partial charge in [0.15, 0.2) is 0 Å². The molecule has 0 amide bonds. The van der Waals surface area contributed by atoms with Crippen LogP contribution in [0.3, 0.4) is 0 Å². The molecule has 2 atom stereocenters. The minimum atomic E-state index is -0.251. The first-order valence-corrected chi connectivity index (χ1v) is 9.22. The zero-order valence-electron chi connectivity index (χ0n) is 15.3. The summed E-state index contributed by atoms with van der Waals surface area (Å²) in [4.78, 5) is 2.66. The van der Waals surface area contributed by atoms with E-state index < -0.39 is 0 Å². The van der Waals surface area contributed by atoms with Crippen LogP contribution >= 0.6 is 0 Å². The molecule has 3 aliphatic heterocycles. The molecule has 3 heterocycles. The van der Waals surface area contributed by atoms with Gasteiger partial charge in [-0.1, -0.05) is 36.4 Å². The molecule has 0 aliphatic carbocycles. The third kappa shape index (κ3) is 2.75. The average Bonchev–Trinajstić information content (AvgIpc) is 2.89. The lowest BCUT2D eigenvalue weighted by molar-refractivity contribution is 0.00578. The maximum Gasteiger partial charge on any atom is 0.490 e. The molecule has 4 rings (SSSR count). The summed E-state index contributed by atoms with van der Waals surface area (Å²) in [5.41, 5.74) is 2.25. The number of fused-ring (bicyclic) bond motifs is 2. The molecule has 3 aliphatic rings. The van der Waals surface area contributed by atoms with Crippen molar-refractivity contribution in [1.82, 2.24) is 4.90 Å². The predicted octanol–water partition coefficient (Wildman–Crippen LogP) is 3.98. The second-order valence-electron chi connectivity index (χ2n) is 8.49. The molecule has 0 N–H and O–H groups in total. The second kappa shape index (κ2) is 5.72. The molecule has 128 valence electrons. The summed E-state index contributed by atoms with van der Waals surface area (Å²) in [5, 5.41) is 0. The van der Waals surface area contributed by atoms with Crippen LogP contribution in [0.15, 0.2) is 41.9 Å². The summed E-state index contributed by atoms with van der Waals surface area (Å²) in [7, 11) is -0.169. The maximum absolute atomic E-state index is 6.27. The van der Waals surface area contributed by atoms with E-state index in [1.807, 2.05) is 0 Å². The van der Waals surface area contributed by atoms with E-state index in [1.165, 1.54) is 23.9 Å². The fourth-order valence-corrected chi connectivity index (χ4v) is 4.16. The van der Waals surface area contributed by atoms with Crippen LogP contribution < -0.4 is 0 Å². The van der Waals surface area contributed by atoms with Gasteiger partial charge >= 0.3 is 7.12 Å². The SMILES string of the molecule is CC1(C)OB(C2=C[C@H]3CC[C@H](C2)N3Cc2ccccc2)OC1(C)C. The van der Waals surface area contributed by atoms with Gasteiger partial charge in [-0.2, -0.15) is 0 Å². The van der Waals surface area contributed by atoms with E-state index in [-0.39, 0.29) is 18.3 Å². The molecule has 2 saturated heterocycles. The van der Waals surface area contributed by atoms with E-state index in [9.17, 15) is 0 Å². The fraction of sp³-hybridized carbons (Fsp3) is 0.600. The van der Waals surface area contributed by atoms with Crippen molar-refractivity contribution >= 4 is 7.12 Å². The molecule has 4 heteroatoms. The van der Waals surface area contributed by atoms with Crippen LogP contribution in [-0.4, -0.2) is 35.3 Å². The Balaban J connectivity index is 1.51. The first-order valence-electron chi connectivity index (χ1n) is 9.22. The van der Waals surface area contributed by atoms with Crippen molar-refractivity contribution in [1.29, 1.82) is 0 Å². The number of nitrogens with zero attached hydrogens (tertiary/aromatic N) is 1. The van der Waals surface area contributed by atoms with E-state index >= 15 is 0 Å². The highest BCUT2D eigenvalue weighted by Crippen LogP contribution is 2.43. The van der Waals surface area contributed by atoms with Crippen molar-refractivity contribution in [2.75, 3.05) is 0 Å². The quantitative estimate of drug-likeness (QED) is 0.785. The molecule has 0 unspecified atom stereocenters. The highest BCUT2D eigenvalue weighted by Gasteiger charge is 2.53. The topological polar surface area (TPSA) is 21.7 Å². The molecular weight excluding hydrogens is 297 g/mol. The van der Waals surface area contributed by atoms with Gasteiger partial charge in [-0.3, -0.25) is 4.90 Å². The van der Waals surface area contributed by atoms with Gasteiger partial charge in [0.05, 0.1) is 11.2 Å². The summed E-state index contributed by atoms with van der Waals surface area (Å²) < 4.78 is 12.5. The molecule has 2 bridgehead atoms. The Labute approximate surface area is 146 Å². The minimum absolute atomic E-state index is 0.169. The monoisotopic (exact) mass is 325 g/mol. The molecule has 1 aromatic rings. The van der Waals surface area contributed by atoms with E-state index in [2.05, 4.69) is 69.0 Å². The van der Waals surface area contributed by atoms with Crippen LogP contribution in [0.2, 0.25) is 0 Å². The van der Waals surface area contributed by atoms with Crippen LogP contribution in [0, 0.1) is 0 Å². The summed E-state index contributed by atoms with van der Waals surface area (Å²) in [6.45, 7) is 9.57. The number of rotatable bonds is 3. The lowest BCUT2D eigenvalue weighted by Crippen LogP contribution is -2.41. The first-order chi connectivity index (χ1) is 11.4. The van der Waals surface area contributed by atoms with Crippen molar-refractivity contribution in [2.24, 2.45) is 0 Å². The van der Waals surface area contributed by atoms with Gasteiger partial charge in [0, 0.05) is 18.6 Å². The summed E-state index contributed by atoms with van der Waals surface area (Å²) in [6, 6.07) is 12.0. The van der Waals surface area contributed by atoms with Crippen LogP contribution in [0.5, 0.6) is 0 Å². The number of hydrogen-bond acceptors (Lipinski definition) is 3. The van der Waals surface area contributed by atoms with Crippen LogP contribution in [0.25, 0.3) is 0 Å². The van der Waals surface area contributed by atoms with Crippen molar-refractivity contribution < 1.29 is 9.31 Å². The Hall–Kier alpha value is -1.10. The summed E-state index contributed by atoms with van der Waals surface area (Å²) in [5.74, 6) is 0. The van der Waals surface area contributed by atoms with Crippen molar-refractivity contribution in [2.45, 2.75) is 76.8 Å². The van der Waals surface area contributed by atoms with E-state index in [1.54, 1.807) is 0 Å². The second-order valence-corrected chi connectivity index (χ2v) is 8.49. The van der Waals surface area contributed by atoms with E-state index in [0.717, 1.165) is 13.0 Å². The molecule has 0 saturated carbocycles. The molecule has 1 aromatic carbocycles. The Morgan fingerprint density at radius 1 is 1.04 bits per heavy atom. The van der Waals surface area contributed by atoms with Gasteiger partial charge in [0.2, 0.25) is 0 Å². The molecule has 0 spiro atoms. The van der Waals surface area contributed by atoms with Crippen molar-refractivity contribution in [3.8, 4) is 0 Å². The molecule has 3 nitrogen and oxygen atoms in total. The molecule has 0 aromatic heterocycles. The Morgan fingerprint density at radius 3 is 2.33 bits per heavy atom. The normalized spacial score (nSPS) is 31.3. The van der Waals surface area contributed by atoms with E-state index in [4.69, 9.17) is 9.31 Å². The largest absolute Gasteiger partial charge is 0.490 e. The third-order valence-corrected chi connectivity index (χ3v) is 6.33.